The summed E-state index contributed by atoms with van der Waals surface area (Å²) in [6, 6.07) is 6.29. The number of hydrogen-bond donors (Lipinski definition) is 0. The molecule has 66 valence electrons. The van der Waals surface area contributed by atoms with E-state index in [0.29, 0.717) is 5.92 Å². The third-order valence-electron chi connectivity index (χ3n) is 2.01. The molecule has 1 heteroatoms. The van der Waals surface area contributed by atoms with Crippen molar-refractivity contribution >= 4 is 0 Å². The number of aryl methyl sites for hydroxylation is 1. The van der Waals surface area contributed by atoms with Crippen molar-refractivity contribution in [2.24, 2.45) is 0 Å². The van der Waals surface area contributed by atoms with E-state index in [-0.39, 0.29) is 0 Å². The Kier molecular flexibility index (Phi) is 2.74. The molecule has 0 radical (unpaired) electrons. The van der Waals surface area contributed by atoms with E-state index in [1.807, 2.05) is 6.07 Å². The summed E-state index contributed by atoms with van der Waals surface area (Å²) in [6.07, 6.45) is 0. The molecule has 1 aromatic carbocycles. The van der Waals surface area contributed by atoms with E-state index in [9.17, 15) is 0 Å². The second kappa shape index (κ2) is 3.61. The third-order valence-corrected chi connectivity index (χ3v) is 2.01. The molecule has 0 bridgehead atoms. The van der Waals surface area contributed by atoms with Crippen molar-refractivity contribution in [1.82, 2.24) is 0 Å². The summed E-state index contributed by atoms with van der Waals surface area (Å²) in [4.78, 5) is 0. The van der Waals surface area contributed by atoms with E-state index in [4.69, 9.17) is 4.74 Å². The zero-order valence-electron chi connectivity index (χ0n) is 8.22. The Bertz CT molecular complexity index is 264. The molecule has 1 nitrogen and oxygen atoms in total. The van der Waals surface area contributed by atoms with Gasteiger partial charge in [-0.3, -0.25) is 0 Å². The minimum atomic E-state index is 0.528. The van der Waals surface area contributed by atoms with Gasteiger partial charge in [0.15, 0.2) is 0 Å². The highest BCUT2D eigenvalue weighted by molar-refractivity contribution is 5.38. The van der Waals surface area contributed by atoms with Crippen LogP contribution in [0.4, 0.5) is 0 Å². The fourth-order valence-electron chi connectivity index (χ4n) is 1.30. The SMILES string of the molecule is COc1ccc(C)cc1C(C)C. The van der Waals surface area contributed by atoms with E-state index in [1.54, 1.807) is 7.11 Å². The minimum absolute atomic E-state index is 0.528. The fraction of sp³-hybridized carbons (Fsp3) is 0.455. The Labute approximate surface area is 74.4 Å². The molecular formula is C11H16O. The average Bonchev–Trinajstić information content (AvgIpc) is 2.04. The van der Waals surface area contributed by atoms with Crippen LogP contribution in [0.1, 0.15) is 30.9 Å². The lowest BCUT2D eigenvalue weighted by Crippen LogP contribution is -1.94. The number of methoxy groups -OCH3 is 1. The molecule has 0 saturated carbocycles. The first-order valence-corrected chi connectivity index (χ1v) is 4.29. The molecule has 0 unspecified atom stereocenters. The average molecular weight is 164 g/mol. The van der Waals surface area contributed by atoms with Crippen LogP contribution in [-0.4, -0.2) is 7.11 Å². The maximum atomic E-state index is 5.26. The van der Waals surface area contributed by atoms with E-state index in [2.05, 4.69) is 32.9 Å². The molecule has 0 amide bonds. The zero-order valence-corrected chi connectivity index (χ0v) is 8.22. The molecule has 12 heavy (non-hydrogen) atoms. The molecule has 0 aliphatic carbocycles. The highest BCUT2D eigenvalue weighted by Gasteiger charge is 2.05. The Morgan fingerprint density at radius 1 is 1.25 bits per heavy atom. The van der Waals surface area contributed by atoms with Crippen LogP contribution in [0, 0.1) is 6.92 Å². The van der Waals surface area contributed by atoms with Crippen LogP contribution in [0.3, 0.4) is 0 Å². The van der Waals surface area contributed by atoms with Crippen molar-refractivity contribution in [3.63, 3.8) is 0 Å². The van der Waals surface area contributed by atoms with Gasteiger partial charge in [-0.15, -0.1) is 0 Å². The molecule has 0 heterocycles. The first-order chi connectivity index (χ1) is 5.65. The maximum Gasteiger partial charge on any atom is 0.122 e. The van der Waals surface area contributed by atoms with Gasteiger partial charge in [0.1, 0.15) is 5.75 Å². The van der Waals surface area contributed by atoms with E-state index in [0.717, 1.165) is 5.75 Å². The molecule has 0 fully saturated rings. The summed E-state index contributed by atoms with van der Waals surface area (Å²) in [6.45, 7) is 6.46. The zero-order chi connectivity index (χ0) is 9.14. The van der Waals surface area contributed by atoms with Crippen molar-refractivity contribution in [2.75, 3.05) is 7.11 Å². The molecule has 0 atom stereocenters. The second-order valence-electron chi connectivity index (χ2n) is 3.40. The fourth-order valence-corrected chi connectivity index (χ4v) is 1.30. The van der Waals surface area contributed by atoms with Crippen LogP contribution in [0.15, 0.2) is 18.2 Å². The molecule has 0 aliphatic heterocycles. The molecule has 1 aromatic rings. The highest BCUT2D eigenvalue weighted by Crippen LogP contribution is 2.26. The maximum absolute atomic E-state index is 5.26. The van der Waals surface area contributed by atoms with Gasteiger partial charge in [0.2, 0.25) is 0 Å². The van der Waals surface area contributed by atoms with Gasteiger partial charge in [0, 0.05) is 0 Å². The molecule has 0 N–H and O–H groups in total. The van der Waals surface area contributed by atoms with Gasteiger partial charge >= 0.3 is 0 Å². The van der Waals surface area contributed by atoms with Crippen molar-refractivity contribution in [2.45, 2.75) is 26.7 Å². The molecule has 0 aromatic heterocycles. The molecule has 0 spiro atoms. The Morgan fingerprint density at radius 3 is 2.42 bits per heavy atom. The molecule has 0 saturated heterocycles. The highest BCUT2D eigenvalue weighted by atomic mass is 16.5. The van der Waals surface area contributed by atoms with Gasteiger partial charge in [-0.25, -0.2) is 0 Å². The summed E-state index contributed by atoms with van der Waals surface area (Å²) >= 11 is 0. The van der Waals surface area contributed by atoms with Gasteiger partial charge in [0.05, 0.1) is 7.11 Å². The number of hydrogen-bond acceptors (Lipinski definition) is 1. The summed E-state index contributed by atoms with van der Waals surface area (Å²) in [7, 11) is 1.72. The van der Waals surface area contributed by atoms with Crippen molar-refractivity contribution in [1.29, 1.82) is 0 Å². The minimum Gasteiger partial charge on any atom is -0.496 e. The van der Waals surface area contributed by atoms with Crippen LogP contribution in [0.25, 0.3) is 0 Å². The monoisotopic (exact) mass is 164 g/mol. The van der Waals surface area contributed by atoms with Crippen molar-refractivity contribution in [3.05, 3.63) is 29.3 Å². The van der Waals surface area contributed by atoms with Gasteiger partial charge < -0.3 is 4.74 Å². The number of benzene rings is 1. The summed E-state index contributed by atoms with van der Waals surface area (Å²) in [5.41, 5.74) is 2.58. The predicted octanol–water partition coefficient (Wildman–Crippen LogP) is 3.13. The van der Waals surface area contributed by atoms with Crippen LogP contribution in [0.2, 0.25) is 0 Å². The Hall–Kier alpha value is -0.980. The van der Waals surface area contributed by atoms with Crippen LogP contribution < -0.4 is 4.74 Å². The smallest absolute Gasteiger partial charge is 0.122 e. The Balaban J connectivity index is 3.12. The largest absolute Gasteiger partial charge is 0.496 e. The first kappa shape index (κ1) is 9.11. The summed E-state index contributed by atoms with van der Waals surface area (Å²) in [5.74, 6) is 1.52. The number of rotatable bonds is 2. The normalized spacial score (nSPS) is 10.4. The van der Waals surface area contributed by atoms with E-state index < -0.39 is 0 Å². The lowest BCUT2D eigenvalue weighted by Gasteiger charge is -2.11. The quantitative estimate of drug-likeness (QED) is 0.652. The van der Waals surface area contributed by atoms with Gasteiger partial charge in [-0.05, 0) is 24.5 Å². The molecule has 1 rings (SSSR count). The topological polar surface area (TPSA) is 9.23 Å². The van der Waals surface area contributed by atoms with Gasteiger partial charge in [0.25, 0.3) is 0 Å². The van der Waals surface area contributed by atoms with Crippen molar-refractivity contribution in [3.8, 4) is 5.75 Å². The summed E-state index contributed by atoms with van der Waals surface area (Å²) < 4.78 is 5.26. The predicted molar refractivity (Wildman–Crippen MR) is 51.8 cm³/mol. The van der Waals surface area contributed by atoms with Crippen LogP contribution in [0.5, 0.6) is 5.75 Å². The second-order valence-corrected chi connectivity index (χ2v) is 3.40. The molecule has 0 aliphatic rings. The lowest BCUT2D eigenvalue weighted by molar-refractivity contribution is 0.407. The van der Waals surface area contributed by atoms with Gasteiger partial charge in [-0.2, -0.15) is 0 Å². The first-order valence-electron chi connectivity index (χ1n) is 4.29. The van der Waals surface area contributed by atoms with E-state index >= 15 is 0 Å². The van der Waals surface area contributed by atoms with Crippen LogP contribution >= 0.6 is 0 Å². The third kappa shape index (κ3) is 1.79. The number of ether oxygens (including phenoxy) is 1. The Morgan fingerprint density at radius 2 is 1.92 bits per heavy atom. The summed E-state index contributed by atoms with van der Waals surface area (Å²) in [5, 5.41) is 0. The van der Waals surface area contributed by atoms with Crippen LogP contribution in [-0.2, 0) is 0 Å². The lowest BCUT2D eigenvalue weighted by atomic mass is 10.0. The van der Waals surface area contributed by atoms with Crippen molar-refractivity contribution < 1.29 is 4.74 Å². The molecular weight excluding hydrogens is 148 g/mol. The standard InChI is InChI=1S/C11H16O/c1-8(2)10-7-9(3)5-6-11(10)12-4/h5-8H,1-4H3. The van der Waals surface area contributed by atoms with Gasteiger partial charge in [-0.1, -0.05) is 31.5 Å². The van der Waals surface area contributed by atoms with E-state index in [1.165, 1.54) is 11.1 Å².